The normalized spacial score (nSPS) is 12.7. The number of hydrogen-bond acceptors (Lipinski definition) is 5. The molecular formula is C15H15ClN2O4. The number of fused-ring (bicyclic) bond motifs is 3. The molecule has 1 aliphatic heterocycles. The summed E-state index contributed by atoms with van der Waals surface area (Å²) in [5, 5.41) is 0.150. The fourth-order valence-corrected chi connectivity index (χ4v) is 2.63. The number of rotatable bonds is 3. The lowest BCUT2D eigenvalue weighted by atomic mass is 10.1. The third-order valence-corrected chi connectivity index (χ3v) is 3.59. The van der Waals surface area contributed by atoms with E-state index in [2.05, 4.69) is 4.98 Å². The maximum Gasteiger partial charge on any atom is 0.349 e. The van der Waals surface area contributed by atoms with Gasteiger partial charge in [0.2, 0.25) is 0 Å². The molecule has 0 unspecified atom stereocenters. The van der Waals surface area contributed by atoms with Gasteiger partial charge in [0.15, 0.2) is 11.5 Å². The van der Waals surface area contributed by atoms with E-state index in [1.807, 2.05) is 6.92 Å². The SMILES string of the molecule is CCOc1cc2c(cc1OC)-c1cc(Cl)nc(=O)n1CCO2. The van der Waals surface area contributed by atoms with Crippen molar-refractivity contribution in [2.75, 3.05) is 20.3 Å². The number of benzene rings is 1. The quantitative estimate of drug-likeness (QED) is 0.812. The molecule has 0 bridgehead atoms. The molecule has 0 amide bonds. The Bertz CT molecular complexity index is 773. The van der Waals surface area contributed by atoms with Crippen LogP contribution in [0.1, 0.15) is 6.92 Å². The van der Waals surface area contributed by atoms with E-state index in [1.54, 1.807) is 25.3 Å². The van der Waals surface area contributed by atoms with Gasteiger partial charge in [-0.15, -0.1) is 0 Å². The van der Waals surface area contributed by atoms with Gasteiger partial charge >= 0.3 is 5.69 Å². The first kappa shape index (κ1) is 14.7. The second-order valence-corrected chi connectivity index (χ2v) is 5.07. The zero-order valence-corrected chi connectivity index (χ0v) is 13.0. The van der Waals surface area contributed by atoms with Crippen molar-refractivity contribution in [2.45, 2.75) is 13.5 Å². The van der Waals surface area contributed by atoms with Gasteiger partial charge in [-0.2, -0.15) is 4.98 Å². The second kappa shape index (κ2) is 5.88. The van der Waals surface area contributed by atoms with E-state index in [9.17, 15) is 4.79 Å². The molecule has 0 radical (unpaired) electrons. The summed E-state index contributed by atoms with van der Waals surface area (Å²) >= 11 is 5.94. The van der Waals surface area contributed by atoms with Crippen LogP contribution in [0.2, 0.25) is 5.15 Å². The van der Waals surface area contributed by atoms with E-state index in [-0.39, 0.29) is 5.15 Å². The molecule has 1 aliphatic rings. The Morgan fingerprint density at radius 2 is 2.18 bits per heavy atom. The minimum Gasteiger partial charge on any atom is -0.493 e. The standard InChI is InChI=1S/C15H15ClN2O4/c1-3-21-13-8-11-9(6-12(13)20-2)10-7-14(16)17-15(19)18(10)4-5-22-11/h6-8H,3-5H2,1-2H3. The first-order valence-electron chi connectivity index (χ1n) is 6.89. The average Bonchev–Trinajstić information content (AvgIpc) is 2.66. The molecule has 7 heteroatoms. The molecule has 22 heavy (non-hydrogen) atoms. The third kappa shape index (κ3) is 2.50. The van der Waals surface area contributed by atoms with Gasteiger partial charge in [0.05, 0.1) is 26.0 Å². The van der Waals surface area contributed by atoms with Crippen LogP contribution in [0.5, 0.6) is 17.2 Å². The van der Waals surface area contributed by atoms with Crippen molar-refractivity contribution in [3.8, 4) is 28.5 Å². The predicted octanol–water partition coefficient (Wildman–Crippen LogP) is 2.36. The molecule has 0 saturated carbocycles. The topological polar surface area (TPSA) is 62.6 Å². The first-order valence-corrected chi connectivity index (χ1v) is 7.27. The van der Waals surface area contributed by atoms with E-state index in [4.69, 9.17) is 25.8 Å². The van der Waals surface area contributed by atoms with Gasteiger partial charge in [-0.25, -0.2) is 4.79 Å². The predicted molar refractivity (Wildman–Crippen MR) is 82.2 cm³/mol. The van der Waals surface area contributed by atoms with Gasteiger partial charge in [-0.05, 0) is 13.0 Å². The smallest absolute Gasteiger partial charge is 0.349 e. The lowest BCUT2D eigenvalue weighted by molar-refractivity contribution is 0.291. The Kier molecular flexibility index (Phi) is 3.94. The van der Waals surface area contributed by atoms with E-state index in [0.29, 0.717) is 42.7 Å². The number of halogens is 1. The number of nitrogens with zero attached hydrogens (tertiary/aromatic N) is 2. The summed E-state index contributed by atoms with van der Waals surface area (Å²) in [7, 11) is 1.56. The molecule has 0 spiro atoms. The maximum absolute atomic E-state index is 12.0. The molecule has 1 aromatic heterocycles. The van der Waals surface area contributed by atoms with Crippen LogP contribution in [0.15, 0.2) is 23.0 Å². The molecule has 0 atom stereocenters. The Hall–Kier alpha value is -2.21. The molecule has 2 aromatic rings. The number of aromatic nitrogens is 2. The molecule has 0 saturated heterocycles. The van der Waals surface area contributed by atoms with Crippen LogP contribution in [0.3, 0.4) is 0 Å². The summed E-state index contributed by atoms with van der Waals surface area (Å²) in [4.78, 5) is 15.8. The van der Waals surface area contributed by atoms with Gasteiger partial charge in [0.1, 0.15) is 17.5 Å². The maximum atomic E-state index is 12.0. The van der Waals surface area contributed by atoms with Gasteiger partial charge in [0, 0.05) is 17.7 Å². The van der Waals surface area contributed by atoms with Gasteiger partial charge in [0.25, 0.3) is 0 Å². The van der Waals surface area contributed by atoms with Gasteiger partial charge in [-0.1, -0.05) is 11.6 Å². The Balaban J connectivity index is 2.26. The summed E-state index contributed by atoms with van der Waals surface area (Å²) in [6, 6.07) is 5.20. The van der Waals surface area contributed by atoms with Crippen molar-refractivity contribution in [2.24, 2.45) is 0 Å². The molecule has 6 nitrogen and oxygen atoms in total. The highest BCUT2D eigenvalue weighted by Gasteiger charge is 2.21. The van der Waals surface area contributed by atoms with Crippen molar-refractivity contribution in [1.82, 2.24) is 9.55 Å². The summed E-state index contributed by atoms with van der Waals surface area (Å²) in [6.07, 6.45) is 0. The number of methoxy groups -OCH3 is 1. The lowest BCUT2D eigenvalue weighted by Gasteiger charge is -2.15. The van der Waals surface area contributed by atoms with Crippen LogP contribution in [-0.2, 0) is 6.54 Å². The Labute approximate surface area is 132 Å². The molecule has 116 valence electrons. The summed E-state index contributed by atoms with van der Waals surface area (Å²) in [5.41, 5.74) is 0.977. The van der Waals surface area contributed by atoms with Crippen LogP contribution < -0.4 is 19.9 Å². The fourth-order valence-electron chi connectivity index (χ4n) is 2.45. The van der Waals surface area contributed by atoms with Crippen LogP contribution in [0.25, 0.3) is 11.3 Å². The molecule has 3 rings (SSSR count). The van der Waals surface area contributed by atoms with Gasteiger partial charge < -0.3 is 14.2 Å². The highest BCUT2D eigenvalue weighted by atomic mass is 35.5. The van der Waals surface area contributed by atoms with Crippen molar-refractivity contribution in [3.05, 3.63) is 33.8 Å². The summed E-state index contributed by atoms with van der Waals surface area (Å²) < 4.78 is 18.2. The average molecular weight is 323 g/mol. The monoisotopic (exact) mass is 322 g/mol. The minimum atomic E-state index is -0.396. The lowest BCUT2D eigenvalue weighted by Crippen LogP contribution is -2.25. The zero-order valence-electron chi connectivity index (χ0n) is 12.3. The first-order chi connectivity index (χ1) is 10.6. The molecule has 1 aromatic carbocycles. The van der Waals surface area contributed by atoms with E-state index in [1.165, 1.54) is 4.57 Å². The van der Waals surface area contributed by atoms with Crippen molar-refractivity contribution in [1.29, 1.82) is 0 Å². The minimum absolute atomic E-state index is 0.150. The van der Waals surface area contributed by atoms with Crippen LogP contribution in [0, 0.1) is 0 Å². The number of ether oxygens (including phenoxy) is 3. The molecule has 0 N–H and O–H groups in total. The highest BCUT2D eigenvalue weighted by Crippen LogP contribution is 2.41. The van der Waals surface area contributed by atoms with Crippen LogP contribution in [0.4, 0.5) is 0 Å². The van der Waals surface area contributed by atoms with E-state index < -0.39 is 5.69 Å². The summed E-state index contributed by atoms with van der Waals surface area (Å²) in [5.74, 6) is 1.79. The highest BCUT2D eigenvalue weighted by molar-refractivity contribution is 6.29. The van der Waals surface area contributed by atoms with Gasteiger partial charge in [-0.3, -0.25) is 4.57 Å². The Morgan fingerprint density at radius 1 is 1.36 bits per heavy atom. The largest absolute Gasteiger partial charge is 0.493 e. The zero-order chi connectivity index (χ0) is 15.7. The third-order valence-electron chi connectivity index (χ3n) is 3.39. The van der Waals surface area contributed by atoms with E-state index in [0.717, 1.165) is 5.56 Å². The second-order valence-electron chi connectivity index (χ2n) is 4.68. The van der Waals surface area contributed by atoms with Crippen LogP contribution >= 0.6 is 11.6 Å². The summed E-state index contributed by atoms with van der Waals surface area (Å²) in [6.45, 7) is 3.17. The molecule has 0 fully saturated rings. The molecular weight excluding hydrogens is 308 g/mol. The van der Waals surface area contributed by atoms with Crippen LogP contribution in [-0.4, -0.2) is 29.9 Å². The van der Waals surface area contributed by atoms with Crippen molar-refractivity contribution >= 4 is 11.6 Å². The fraction of sp³-hybridized carbons (Fsp3) is 0.333. The molecule has 0 aliphatic carbocycles. The van der Waals surface area contributed by atoms with Crippen molar-refractivity contribution < 1.29 is 14.2 Å². The Morgan fingerprint density at radius 3 is 2.91 bits per heavy atom. The van der Waals surface area contributed by atoms with Crippen molar-refractivity contribution in [3.63, 3.8) is 0 Å². The molecule has 2 heterocycles. The number of hydrogen-bond donors (Lipinski definition) is 0. The van der Waals surface area contributed by atoms with E-state index >= 15 is 0 Å².